The number of hydrogen-bond acceptors (Lipinski definition) is 3. The van der Waals surface area contributed by atoms with Crippen LogP contribution in [0.2, 0.25) is 0 Å². The summed E-state index contributed by atoms with van der Waals surface area (Å²) in [4.78, 5) is 19.5. The molecule has 0 spiro atoms. The molecule has 1 saturated heterocycles. The highest BCUT2D eigenvalue weighted by molar-refractivity contribution is 8.00. The molecule has 0 bridgehead atoms. The Morgan fingerprint density at radius 3 is 2.52 bits per heavy atom. The van der Waals surface area contributed by atoms with Crippen LogP contribution in [0.15, 0.2) is 64.5 Å². The lowest BCUT2D eigenvalue weighted by atomic mass is 10.1. The van der Waals surface area contributed by atoms with E-state index in [1.807, 2.05) is 34.9 Å². The molecule has 2 aromatic rings. The van der Waals surface area contributed by atoms with Gasteiger partial charge in [0.2, 0.25) is 5.91 Å². The summed E-state index contributed by atoms with van der Waals surface area (Å²) >= 11 is 1.85. The Hall–Kier alpha value is -2.47. The molecule has 1 atom stereocenters. The molecule has 1 fully saturated rings. The van der Waals surface area contributed by atoms with Gasteiger partial charge in [-0.15, -0.1) is 11.8 Å². The molecule has 3 rings (SSSR count). The lowest BCUT2D eigenvalue weighted by Crippen LogP contribution is -2.39. The van der Waals surface area contributed by atoms with Crippen LogP contribution in [0, 0.1) is 0 Å². The van der Waals surface area contributed by atoms with Gasteiger partial charge in [0.25, 0.3) is 0 Å². The van der Waals surface area contributed by atoms with Crippen LogP contribution in [0.3, 0.4) is 0 Å². The molecular formula is C23H30N4OS. The van der Waals surface area contributed by atoms with Gasteiger partial charge in [-0.3, -0.25) is 9.79 Å². The molecule has 1 amide bonds. The summed E-state index contributed by atoms with van der Waals surface area (Å²) < 4.78 is 0. The minimum absolute atomic E-state index is 0.259. The topological polar surface area (TPSA) is 56.7 Å². The van der Waals surface area contributed by atoms with Crippen LogP contribution in [-0.4, -0.2) is 42.2 Å². The van der Waals surface area contributed by atoms with Crippen molar-refractivity contribution in [2.24, 2.45) is 4.99 Å². The highest BCUT2D eigenvalue weighted by Gasteiger charge is 2.20. The van der Waals surface area contributed by atoms with Crippen molar-refractivity contribution >= 4 is 23.6 Å². The van der Waals surface area contributed by atoms with E-state index in [0.717, 1.165) is 25.5 Å². The number of thioether (sulfide) groups is 1. The smallest absolute Gasteiger partial charge is 0.222 e. The minimum atomic E-state index is 0.259. The summed E-state index contributed by atoms with van der Waals surface area (Å²) in [7, 11) is 1.79. The van der Waals surface area contributed by atoms with Crippen LogP contribution in [0.1, 0.15) is 30.9 Å². The number of hydrogen-bond donors (Lipinski definition) is 2. The largest absolute Gasteiger partial charge is 0.355 e. The molecule has 29 heavy (non-hydrogen) atoms. The van der Waals surface area contributed by atoms with Crippen molar-refractivity contribution in [2.75, 3.05) is 20.1 Å². The first kappa shape index (κ1) is 21.2. The maximum absolute atomic E-state index is 12.0. The van der Waals surface area contributed by atoms with Gasteiger partial charge in [0, 0.05) is 49.8 Å². The Morgan fingerprint density at radius 1 is 1.10 bits per heavy atom. The van der Waals surface area contributed by atoms with E-state index in [-0.39, 0.29) is 5.91 Å². The SMILES string of the molecule is CN=C(NCc1ccccc1CN1CCCC1=O)NCC(C)Sc1ccccc1. The van der Waals surface area contributed by atoms with E-state index >= 15 is 0 Å². The van der Waals surface area contributed by atoms with Gasteiger partial charge in [-0.2, -0.15) is 0 Å². The second kappa shape index (κ2) is 10.9. The van der Waals surface area contributed by atoms with Gasteiger partial charge >= 0.3 is 0 Å². The first-order valence-electron chi connectivity index (χ1n) is 10.2. The van der Waals surface area contributed by atoms with Crippen LogP contribution in [0.25, 0.3) is 0 Å². The quantitative estimate of drug-likeness (QED) is 0.396. The van der Waals surface area contributed by atoms with Gasteiger partial charge in [0.15, 0.2) is 5.96 Å². The maximum Gasteiger partial charge on any atom is 0.222 e. The Kier molecular flexibility index (Phi) is 7.99. The summed E-state index contributed by atoms with van der Waals surface area (Å²) in [5.74, 6) is 1.05. The van der Waals surface area contributed by atoms with E-state index < -0.39 is 0 Å². The predicted octanol–water partition coefficient (Wildman–Crippen LogP) is 3.65. The van der Waals surface area contributed by atoms with Gasteiger partial charge in [-0.1, -0.05) is 49.4 Å². The predicted molar refractivity (Wildman–Crippen MR) is 121 cm³/mol. The first-order valence-corrected chi connectivity index (χ1v) is 11.0. The number of benzene rings is 2. The number of likely N-dealkylation sites (tertiary alicyclic amines) is 1. The van der Waals surface area contributed by atoms with Crippen molar-refractivity contribution < 1.29 is 4.79 Å². The highest BCUT2D eigenvalue weighted by atomic mass is 32.2. The lowest BCUT2D eigenvalue weighted by Gasteiger charge is -2.19. The Balaban J connectivity index is 1.50. The molecule has 1 unspecified atom stereocenters. The van der Waals surface area contributed by atoms with Crippen LogP contribution in [-0.2, 0) is 17.9 Å². The standard InChI is InChI=1S/C23H30N4OS/c1-18(29-21-11-4-3-5-12-21)15-25-23(24-2)26-16-19-9-6-7-10-20(19)17-27-14-8-13-22(27)28/h3-7,9-12,18H,8,13-17H2,1-2H3,(H2,24,25,26). The normalized spacial score (nSPS) is 15.4. The zero-order valence-corrected chi connectivity index (χ0v) is 18.0. The maximum atomic E-state index is 12.0. The van der Waals surface area contributed by atoms with Crippen molar-refractivity contribution in [1.82, 2.24) is 15.5 Å². The molecule has 1 aliphatic rings. The summed E-state index contributed by atoms with van der Waals surface area (Å²) in [5.41, 5.74) is 2.39. The summed E-state index contributed by atoms with van der Waals surface area (Å²) in [5, 5.41) is 7.24. The Bertz CT molecular complexity index is 825. The minimum Gasteiger partial charge on any atom is -0.355 e. The molecule has 0 aliphatic carbocycles. The molecule has 1 aliphatic heterocycles. The van der Waals surface area contributed by atoms with Gasteiger partial charge in [-0.05, 0) is 29.7 Å². The monoisotopic (exact) mass is 410 g/mol. The van der Waals surface area contributed by atoms with E-state index in [4.69, 9.17) is 0 Å². The fraction of sp³-hybridized carbons (Fsp3) is 0.391. The number of nitrogens with zero attached hydrogens (tertiary/aromatic N) is 2. The van der Waals surface area contributed by atoms with Crippen molar-refractivity contribution in [3.8, 4) is 0 Å². The summed E-state index contributed by atoms with van der Waals surface area (Å²) in [6.45, 7) is 5.26. The summed E-state index contributed by atoms with van der Waals surface area (Å²) in [6, 6.07) is 18.7. The molecule has 0 radical (unpaired) electrons. The highest BCUT2D eigenvalue weighted by Crippen LogP contribution is 2.22. The first-order chi connectivity index (χ1) is 14.2. The molecule has 1 heterocycles. The second-order valence-corrected chi connectivity index (χ2v) is 8.75. The number of rotatable bonds is 8. The van der Waals surface area contributed by atoms with Crippen LogP contribution >= 0.6 is 11.8 Å². The summed E-state index contributed by atoms with van der Waals surface area (Å²) in [6.07, 6.45) is 1.64. The van der Waals surface area contributed by atoms with E-state index in [9.17, 15) is 4.79 Å². The number of guanidine groups is 1. The fourth-order valence-corrected chi connectivity index (χ4v) is 4.32. The van der Waals surface area contributed by atoms with Crippen molar-refractivity contribution in [3.63, 3.8) is 0 Å². The number of carbonyl (C=O) groups is 1. The fourth-order valence-electron chi connectivity index (χ4n) is 3.37. The van der Waals surface area contributed by atoms with Gasteiger partial charge < -0.3 is 15.5 Å². The molecule has 0 saturated carbocycles. The van der Waals surface area contributed by atoms with Crippen LogP contribution in [0.4, 0.5) is 0 Å². The molecule has 2 N–H and O–H groups in total. The van der Waals surface area contributed by atoms with Gasteiger partial charge in [-0.25, -0.2) is 0 Å². The van der Waals surface area contributed by atoms with Crippen molar-refractivity contribution in [3.05, 3.63) is 65.7 Å². The Labute approximate surface area is 178 Å². The molecular weight excluding hydrogens is 380 g/mol. The van der Waals surface area contributed by atoms with E-state index in [1.165, 1.54) is 16.0 Å². The van der Waals surface area contributed by atoms with Crippen LogP contribution in [0.5, 0.6) is 0 Å². The number of nitrogens with one attached hydrogen (secondary N) is 2. The lowest BCUT2D eigenvalue weighted by molar-refractivity contribution is -0.128. The average Bonchev–Trinajstić information content (AvgIpc) is 3.14. The third-order valence-corrected chi connectivity index (χ3v) is 6.07. The van der Waals surface area contributed by atoms with Crippen molar-refractivity contribution in [2.45, 2.75) is 43.0 Å². The zero-order valence-electron chi connectivity index (χ0n) is 17.2. The molecule has 0 aromatic heterocycles. The number of amides is 1. The number of carbonyl (C=O) groups excluding carboxylic acids is 1. The van der Waals surface area contributed by atoms with E-state index in [2.05, 4.69) is 58.9 Å². The van der Waals surface area contributed by atoms with Gasteiger partial charge in [0.05, 0.1) is 0 Å². The third-order valence-electron chi connectivity index (χ3n) is 4.96. The second-order valence-electron chi connectivity index (χ2n) is 7.24. The van der Waals surface area contributed by atoms with Crippen LogP contribution < -0.4 is 10.6 Å². The number of aliphatic imine (C=N–C) groups is 1. The third kappa shape index (κ3) is 6.53. The zero-order chi connectivity index (χ0) is 20.5. The molecule has 6 heteroatoms. The molecule has 154 valence electrons. The molecule has 5 nitrogen and oxygen atoms in total. The molecule has 2 aromatic carbocycles. The van der Waals surface area contributed by atoms with E-state index in [1.54, 1.807) is 7.05 Å². The van der Waals surface area contributed by atoms with E-state index in [0.29, 0.717) is 24.8 Å². The van der Waals surface area contributed by atoms with Crippen molar-refractivity contribution in [1.29, 1.82) is 0 Å². The van der Waals surface area contributed by atoms with Gasteiger partial charge in [0.1, 0.15) is 0 Å². The Morgan fingerprint density at radius 2 is 1.83 bits per heavy atom. The average molecular weight is 411 g/mol.